The molecule has 14 heteroatoms. The lowest BCUT2D eigenvalue weighted by atomic mass is 9.97. The zero-order valence-corrected chi connectivity index (χ0v) is 42.5. The highest BCUT2D eigenvalue weighted by Gasteiger charge is 2.51. The van der Waals surface area contributed by atoms with E-state index in [1.165, 1.54) is 70.6 Å². The first kappa shape index (κ1) is 62.8. The number of unbranched alkanes of at least 4 members (excludes halogenated alkanes) is 18. The van der Waals surface area contributed by atoms with Gasteiger partial charge in [0.1, 0.15) is 48.8 Å². The number of aliphatic hydroxyl groups excluding tert-OH is 8. The first-order chi connectivity index (χ1) is 33.6. The first-order valence-electron chi connectivity index (χ1n) is 27.0. The van der Waals surface area contributed by atoms with Gasteiger partial charge in [-0.05, 0) is 57.8 Å². The SMILES string of the molecule is CC/C=C\C/C=C\C/C=C\C/C=C\C/C=C\CCCCCCCCCCCCCC(=O)NC(COC1OC(CO)C(OC2OC(CO)C(O)C(O)C2O)C(O)C1O)C(O)CCCCCCCCCC. The molecule has 12 unspecified atom stereocenters. The Morgan fingerprint density at radius 2 is 1.00 bits per heavy atom. The predicted molar refractivity (Wildman–Crippen MR) is 272 cm³/mol. The second kappa shape index (κ2) is 41.2. The molecule has 0 aromatic heterocycles. The number of hydrogen-bond acceptors (Lipinski definition) is 13. The lowest BCUT2D eigenvalue weighted by Gasteiger charge is -2.46. The van der Waals surface area contributed by atoms with Gasteiger partial charge in [-0.15, -0.1) is 0 Å². The van der Waals surface area contributed by atoms with Crippen molar-refractivity contribution >= 4 is 5.91 Å². The molecule has 2 fully saturated rings. The van der Waals surface area contributed by atoms with Gasteiger partial charge in [0, 0.05) is 6.42 Å². The number of carbonyl (C=O) groups is 1. The van der Waals surface area contributed by atoms with Crippen LogP contribution in [-0.2, 0) is 23.7 Å². The highest BCUT2D eigenvalue weighted by Crippen LogP contribution is 2.30. The maximum atomic E-state index is 13.2. The largest absolute Gasteiger partial charge is 0.394 e. The molecular weight excluding hydrogens is 883 g/mol. The highest BCUT2D eigenvalue weighted by atomic mass is 16.7. The number of hydrogen-bond donors (Lipinski definition) is 9. The van der Waals surface area contributed by atoms with E-state index in [0.29, 0.717) is 12.8 Å². The second-order valence-corrected chi connectivity index (χ2v) is 19.0. The highest BCUT2D eigenvalue weighted by molar-refractivity contribution is 5.76. The summed E-state index contributed by atoms with van der Waals surface area (Å²) in [7, 11) is 0. The average molecular weight is 980 g/mol. The Bertz CT molecular complexity index is 1390. The van der Waals surface area contributed by atoms with Crippen molar-refractivity contribution in [2.75, 3.05) is 19.8 Å². The van der Waals surface area contributed by atoms with Crippen molar-refractivity contribution in [3.63, 3.8) is 0 Å². The summed E-state index contributed by atoms with van der Waals surface area (Å²) < 4.78 is 22.7. The summed E-state index contributed by atoms with van der Waals surface area (Å²) in [4.78, 5) is 13.2. The summed E-state index contributed by atoms with van der Waals surface area (Å²) in [5.74, 6) is -0.216. The van der Waals surface area contributed by atoms with E-state index in [2.05, 4.69) is 79.9 Å². The summed E-state index contributed by atoms with van der Waals surface area (Å²) in [6.45, 7) is 2.68. The molecule has 14 nitrogen and oxygen atoms in total. The normalized spacial score (nSPS) is 26.6. The van der Waals surface area contributed by atoms with Crippen molar-refractivity contribution < 1.29 is 64.6 Å². The Kier molecular flexibility index (Phi) is 37.5. The molecule has 2 aliphatic heterocycles. The fourth-order valence-electron chi connectivity index (χ4n) is 8.62. The fraction of sp³-hybridized carbons (Fsp3) is 0.800. The topological polar surface area (TPSA) is 228 Å². The second-order valence-electron chi connectivity index (χ2n) is 19.0. The van der Waals surface area contributed by atoms with Crippen molar-refractivity contribution in [2.24, 2.45) is 0 Å². The minimum Gasteiger partial charge on any atom is -0.394 e. The maximum Gasteiger partial charge on any atom is 0.220 e. The van der Waals surface area contributed by atoms with Crippen LogP contribution >= 0.6 is 0 Å². The molecule has 12 atom stereocenters. The van der Waals surface area contributed by atoms with Gasteiger partial charge in [-0.25, -0.2) is 0 Å². The Balaban J connectivity index is 1.68. The quantitative estimate of drug-likeness (QED) is 0.0211. The van der Waals surface area contributed by atoms with Gasteiger partial charge in [0.2, 0.25) is 5.91 Å². The molecule has 0 aromatic carbocycles. The van der Waals surface area contributed by atoms with Crippen molar-refractivity contribution in [3.05, 3.63) is 60.8 Å². The van der Waals surface area contributed by atoms with Crippen molar-refractivity contribution in [3.8, 4) is 0 Å². The third-order valence-corrected chi connectivity index (χ3v) is 13.0. The molecule has 69 heavy (non-hydrogen) atoms. The molecule has 0 aliphatic carbocycles. The monoisotopic (exact) mass is 980 g/mol. The van der Waals surface area contributed by atoms with Crippen LogP contribution in [0.3, 0.4) is 0 Å². The first-order valence-corrected chi connectivity index (χ1v) is 27.0. The molecule has 1 amide bonds. The summed E-state index contributed by atoms with van der Waals surface area (Å²) >= 11 is 0. The van der Waals surface area contributed by atoms with E-state index in [4.69, 9.17) is 18.9 Å². The summed E-state index contributed by atoms with van der Waals surface area (Å²) in [6.07, 6.45) is 33.9. The third-order valence-electron chi connectivity index (χ3n) is 13.0. The molecule has 0 radical (unpaired) electrons. The summed E-state index contributed by atoms with van der Waals surface area (Å²) in [5, 5.41) is 86.7. The Morgan fingerprint density at radius 1 is 0.536 bits per heavy atom. The van der Waals surface area contributed by atoms with Crippen LogP contribution in [0.4, 0.5) is 0 Å². The molecule has 0 spiro atoms. The minimum absolute atomic E-state index is 0.216. The van der Waals surface area contributed by atoms with Crippen molar-refractivity contribution in [1.29, 1.82) is 0 Å². The molecule has 400 valence electrons. The lowest BCUT2D eigenvalue weighted by Crippen LogP contribution is -2.65. The number of nitrogens with one attached hydrogen (secondary N) is 1. The van der Waals surface area contributed by atoms with Gasteiger partial charge >= 0.3 is 0 Å². The van der Waals surface area contributed by atoms with Crippen molar-refractivity contribution in [2.45, 2.75) is 261 Å². The van der Waals surface area contributed by atoms with E-state index in [1.54, 1.807) is 0 Å². The van der Waals surface area contributed by atoms with Crippen LogP contribution in [0, 0.1) is 0 Å². The van der Waals surface area contributed by atoms with Gasteiger partial charge in [-0.3, -0.25) is 4.79 Å². The molecule has 2 saturated heterocycles. The zero-order valence-electron chi connectivity index (χ0n) is 42.5. The number of rotatable bonds is 41. The van der Waals surface area contributed by atoms with Crippen LogP contribution in [0.15, 0.2) is 60.8 Å². The van der Waals surface area contributed by atoms with Gasteiger partial charge in [-0.2, -0.15) is 0 Å². The van der Waals surface area contributed by atoms with E-state index in [9.17, 15) is 45.6 Å². The van der Waals surface area contributed by atoms with Crippen LogP contribution in [0.5, 0.6) is 0 Å². The minimum atomic E-state index is -1.78. The Hall–Kier alpha value is -2.31. The Labute approximate surface area is 416 Å². The molecule has 2 heterocycles. The molecule has 2 aliphatic rings. The maximum absolute atomic E-state index is 13.2. The number of amides is 1. The molecular formula is C55H97NO13. The van der Waals surface area contributed by atoms with E-state index in [-0.39, 0.29) is 12.5 Å². The smallest absolute Gasteiger partial charge is 0.220 e. The Morgan fingerprint density at radius 3 is 1.54 bits per heavy atom. The molecule has 0 aromatic rings. The zero-order chi connectivity index (χ0) is 50.3. The number of aliphatic hydroxyl groups is 8. The van der Waals surface area contributed by atoms with Crippen LogP contribution in [0.1, 0.15) is 187 Å². The molecule has 0 bridgehead atoms. The summed E-state index contributed by atoms with van der Waals surface area (Å²) in [5.41, 5.74) is 0. The van der Waals surface area contributed by atoms with Gasteiger partial charge in [0.25, 0.3) is 0 Å². The molecule has 2 rings (SSSR count). The van der Waals surface area contributed by atoms with E-state index in [1.807, 2.05) is 0 Å². The van der Waals surface area contributed by atoms with E-state index < -0.39 is 86.8 Å². The number of allylic oxidation sites excluding steroid dienone is 10. The predicted octanol–water partition coefficient (Wildman–Crippen LogP) is 7.83. The van der Waals surface area contributed by atoms with Gasteiger partial charge in [0.15, 0.2) is 12.6 Å². The van der Waals surface area contributed by atoms with E-state index >= 15 is 0 Å². The molecule has 0 saturated carbocycles. The van der Waals surface area contributed by atoms with Crippen molar-refractivity contribution in [1.82, 2.24) is 5.32 Å². The van der Waals surface area contributed by atoms with Crippen LogP contribution in [0.2, 0.25) is 0 Å². The van der Waals surface area contributed by atoms with E-state index in [0.717, 1.165) is 89.9 Å². The summed E-state index contributed by atoms with van der Waals surface area (Å²) in [6, 6.07) is -0.830. The van der Waals surface area contributed by atoms with Gasteiger partial charge in [-0.1, -0.05) is 184 Å². The van der Waals surface area contributed by atoms with Crippen LogP contribution in [-0.4, -0.2) is 140 Å². The van der Waals surface area contributed by atoms with Crippen LogP contribution in [0.25, 0.3) is 0 Å². The fourth-order valence-corrected chi connectivity index (χ4v) is 8.62. The standard InChI is InChI=1S/C55H97NO13/c1-3-5-7-9-11-13-14-15-16-17-18-19-20-21-22-23-24-25-26-27-28-29-30-31-33-35-37-39-47(60)56-43(44(59)38-36-34-32-12-10-8-6-4-2)42-66-54-52(65)50(63)53(46(41-58)68-54)69-55-51(64)49(62)48(61)45(40-57)67-55/h5,7,11,13,15-16,18-19,21-22,43-46,48-55,57-59,61-65H,3-4,6,8-10,12,14,17,20,23-42H2,1-2H3,(H,56,60)/b7-5-,13-11-,16-15-,19-18-,22-21-. The lowest BCUT2D eigenvalue weighted by molar-refractivity contribution is -0.359. The average Bonchev–Trinajstić information content (AvgIpc) is 3.35. The number of carbonyl (C=O) groups excluding carboxylic acids is 1. The molecule has 9 N–H and O–H groups in total. The van der Waals surface area contributed by atoms with Gasteiger partial charge < -0.3 is 65.1 Å². The van der Waals surface area contributed by atoms with Crippen LogP contribution < -0.4 is 5.32 Å². The number of ether oxygens (including phenoxy) is 4. The third kappa shape index (κ3) is 27.9. The van der Waals surface area contributed by atoms with Gasteiger partial charge in [0.05, 0.1) is 32.0 Å².